The number of para-hydroxylation sites is 6. The standard InChI is InChI=1S/C73H45N3O/c1-7-28-66-55(20-1)56-21-2-8-29-67(56)74(66)50-19-14-16-45(39-50)46-35-37-72-64(40-46)65-44-52(76-70-32-11-5-24-59(70)60-25-6-12-33-71(60)76)43-62(73(65)77-72)48-18-13-17-47(38-48)53-26-15-27-54-61-42-51(36-34-49(61)41-63(53)54)75-68-30-9-3-22-57(68)58-23-4-10-31-69(58)75/h1-40,42-44H,41H2. The fourth-order valence-electron chi connectivity index (χ4n) is 13.3. The maximum absolute atomic E-state index is 7.10. The predicted octanol–water partition coefficient (Wildman–Crippen LogP) is 19.4. The molecule has 16 aromatic rings. The second-order valence-corrected chi connectivity index (χ2v) is 20.8. The summed E-state index contributed by atoms with van der Waals surface area (Å²) in [5, 5.41) is 9.68. The van der Waals surface area contributed by atoms with Gasteiger partial charge in [0.1, 0.15) is 11.2 Å². The van der Waals surface area contributed by atoms with Crippen LogP contribution in [-0.2, 0) is 6.42 Å². The monoisotopic (exact) mass is 979 g/mol. The SMILES string of the molecule is c1cc(-c2cccc3c2Cc2ccc(-n4c5ccccc5c5ccccc54)cc2-3)cc(-c2cc(-n3c4ccccc4c4ccccc43)cc3c2oc2ccc(-c4cccc(-n5c6ccccc6c6ccccc65)c4)cc23)c1. The molecule has 1 aliphatic carbocycles. The molecular weight excluding hydrogens is 935 g/mol. The molecule has 4 nitrogen and oxygen atoms in total. The van der Waals surface area contributed by atoms with Crippen LogP contribution in [0.1, 0.15) is 11.1 Å². The fourth-order valence-corrected chi connectivity index (χ4v) is 13.3. The molecule has 358 valence electrons. The zero-order valence-corrected chi connectivity index (χ0v) is 41.8. The van der Waals surface area contributed by atoms with E-state index in [9.17, 15) is 0 Å². The van der Waals surface area contributed by atoms with E-state index in [1.54, 1.807) is 0 Å². The number of fused-ring (bicyclic) bond motifs is 15. The van der Waals surface area contributed by atoms with Crippen molar-refractivity contribution in [3.63, 3.8) is 0 Å². The van der Waals surface area contributed by atoms with Crippen molar-refractivity contribution in [2.24, 2.45) is 0 Å². The van der Waals surface area contributed by atoms with E-state index >= 15 is 0 Å². The average molecular weight is 980 g/mol. The van der Waals surface area contributed by atoms with Gasteiger partial charge in [0.2, 0.25) is 0 Å². The number of aromatic nitrogens is 3. The van der Waals surface area contributed by atoms with Gasteiger partial charge < -0.3 is 18.1 Å². The minimum absolute atomic E-state index is 0.859. The van der Waals surface area contributed by atoms with Gasteiger partial charge in [0.05, 0.1) is 33.1 Å². The molecule has 0 spiro atoms. The van der Waals surface area contributed by atoms with Crippen LogP contribution in [-0.4, -0.2) is 13.7 Å². The molecule has 0 atom stereocenters. The van der Waals surface area contributed by atoms with Crippen molar-refractivity contribution in [2.75, 3.05) is 0 Å². The van der Waals surface area contributed by atoms with Gasteiger partial charge in [0.25, 0.3) is 0 Å². The summed E-state index contributed by atoms with van der Waals surface area (Å²) < 4.78 is 14.4. The predicted molar refractivity (Wildman–Crippen MR) is 321 cm³/mol. The lowest BCUT2D eigenvalue weighted by atomic mass is 9.92. The van der Waals surface area contributed by atoms with Gasteiger partial charge >= 0.3 is 0 Å². The van der Waals surface area contributed by atoms with Crippen molar-refractivity contribution in [3.8, 4) is 61.6 Å². The molecule has 0 bridgehead atoms. The molecule has 0 amide bonds. The Morgan fingerprint density at radius 2 is 0.714 bits per heavy atom. The van der Waals surface area contributed by atoms with Crippen LogP contribution in [0.2, 0.25) is 0 Å². The lowest BCUT2D eigenvalue weighted by molar-refractivity contribution is 0.670. The van der Waals surface area contributed by atoms with Crippen LogP contribution in [0.15, 0.2) is 265 Å². The summed E-state index contributed by atoms with van der Waals surface area (Å²) in [7, 11) is 0. The Morgan fingerprint density at radius 3 is 1.30 bits per heavy atom. The van der Waals surface area contributed by atoms with Gasteiger partial charge in [-0.3, -0.25) is 0 Å². The lowest BCUT2D eigenvalue weighted by Gasteiger charge is -2.14. The first-order valence-electron chi connectivity index (χ1n) is 26.6. The van der Waals surface area contributed by atoms with E-state index in [4.69, 9.17) is 4.42 Å². The largest absolute Gasteiger partial charge is 0.455 e. The van der Waals surface area contributed by atoms with E-state index in [1.165, 1.54) is 104 Å². The number of furan rings is 1. The summed E-state index contributed by atoms with van der Waals surface area (Å²) in [5.74, 6) is 0. The fraction of sp³-hybridized carbons (Fsp3) is 0.0137. The smallest absolute Gasteiger partial charge is 0.143 e. The second-order valence-electron chi connectivity index (χ2n) is 20.8. The van der Waals surface area contributed by atoms with Crippen molar-refractivity contribution in [3.05, 3.63) is 272 Å². The topological polar surface area (TPSA) is 27.9 Å². The summed E-state index contributed by atoms with van der Waals surface area (Å²) in [6.45, 7) is 0. The summed E-state index contributed by atoms with van der Waals surface area (Å²) in [6.07, 6.45) is 0.874. The third-order valence-corrected chi connectivity index (χ3v) is 16.7. The molecular formula is C73H45N3O. The second kappa shape index (κ2) is 16.2. The quantitative estimate of drug-likeness (QED) is 0.163. The number of hydrogen-bond acceptors (Lipinski definition) is 1. The normalized spacial score (nSPS) is 12.4. The van der Waals surface area contributed by atoms with E-state index in [-0.39, 0.29) is 0 Å². The van der Waals surface area contributed by atoms with Gasteiger partial charge in [0, 0.05) is 65.7 Å². The van der Waals surface area contributed by atoms with Crippen LogP contribution >= 0.6 is 0 Å². The zero-order chi connectivity index (χ0) is 50.3. The number of rotatable bonds is 6. The van der Waals surface area contributed by atoms with Crippen molar-refractivity contribution in [1.29, 1.82) is 0 Å². The Labute approximate surface area is 443 Å². The average Bonchev–Trinajstić information content (AvgIpc) is 4.42. The molecule has 0 N–H and O–H groups in total. The molecule has 12 aromatic carbocycles. The third-order valence-electron chi connectivity index (χ3n) is 16.7. The Balaban J connectivity index is 0.827. The maximum Gasteiger partial charge on any atom is 0.143 e. The first-order valence-corrected chi connectivity index (χ1v) is 26.6. The van der Waals surface area contributed by atoms with Gasteiger partial charge in [-0.05, 0) is 147 Å². The molecule has 4 heteroatoms. The first kappa shape index (κ1) is 42.2. The minimum atomic E-state index is 0.859. The molecule has 4 aromatic heterocycles. The number of hydrogen-bond donors (Lipinski definition) is 0. The molecule has 0 fully saturated rings. The highest BCUT2D eigenvalue weighted by molar-refractivity contribution is 6.15. The van der Waals surface area contributed by atoms with Crippen LogP contribution in [0.4, 0.5) is 0 Å². The maximum atomic E-state index is 7.10. The van der Waals surface area contributed by atoms with Crippen molar-refractivity contribution in [1.82, 2.24) is 13.7 Å². The molecule has 0 aliphatic heterocycles. The van der Waals surface area contributed by atoms with Crippen LogP contribution in [0.5, 0.6) is 0 Å². The Morgan fingerprint density at radius 1 is 0.260 bits per heavy atom. The summed E-state index contributed by atoms with van der Waals surface area (Å²) >= 11 is 0. The van der Waals surface area contributed by atoms with E-state index in [2.05, 4.69) is 275 Å². The van der Waals surface area contributed by atoms with Crippen LogP contribution < -0.4 is 0 Å². The molecule has 1 aliphatic rings. The first-order chi connectivity index (χ1) is 38.2. The van der Waals surface area contributed by atoms with Crippen LogP contribution in [0, 0.1) is 0 Å². The Kier molecular flexibility index (Phi) is 8.87. The van der Waals surface area contributed by atoms with Crippen molar-refractivity contribution in [2.45, 2.75) is 6.42 Å². The highest BCUT2D eigenvalue weighted by atomic mass is 16.3. The summed E-state index contributed by atoms with van der Waals surface area (Å²) in [6, 6.07) is 95.9. The molecule has 4 heterocycles. The molecule has 0 unspecified atom stereocenters. The van der Waals surface area contributed by atoms with Gasteiger partial charge in [-0.2, -0.15) is 0 Å². The van der Waals surface area contributed by atoms with Gasteiger partial charge in [-0.25, -0.2) is 0 Å². The van der Waals surface area contributed by atoms with Gasteiger partial charge in [-0.15, -0.1) is 0 Å². The Bertz CT molecular complexity index is 4990. The molecule has 0 saturated heterocycles. The van der Waals surface area contributed by atoms with Crippen LogP contribution in [0.3, 0.4) is 0 Å². The number of nitrogens with zero attached hydrogens (tertiary/aromatic N) is 3. The molecule has 77 heavy (non-hydrogen) atoms. The van der Waals surface area contributed by atoms with E-state index in [0.717, 1.165) is 62.0 Å². The van der Waals surface area contributed by atoms with Crippen molar-refractivity contribution < 1.29 is 4.42 Å². The highest BCUT2D eigenvalue weighted by Crippen LogP contribution is 2.46. The molecule has 0 radical (unpaired) electrons. The summed E-state index contributed by atoms with van der Waals surface area (Å²) in [4.78, 5) is 0. The van der Waals surface area contributed by atoms with Gasteiger partial charge in [-0.1, -0.05) is 170 Å². The highest BCUT2D eigenvalue weighted by Gasteiger charge is 2.25. The van der Waals surface area contributed by atoms with E-state index in [0.29, 0.717) is 0 Å². The van der Waals surface area contributed by atoms with E-state index in [1.807, 2.05) is 0 Å². The molecule has 17 rings (SSSR count). The number of benzene rings is 12. The minimum Gasteiger partial charge on any atom is -0.455 e. The Hall–Kier alpha value is -10.2. The van der Waals surface area contributed by atoms with Crippen LogP contribution in [0.25, 0.3) is 149 Å². The van der Waals surface area contributed by atoms with E-state index < -0.39 is 0 Å². The third kappa shape index (κ3) is 6.21. The van der Waals surface area contributed by atoms with Gasteiger partial charge in [0.15, 0.2) is 0 Å². The zero-order valence-electron chi connectivity index (χ0n) is 41.8. The van der Waals surface area contributed by atoms with Crippen molar-refractivity contribution >= 4 is 87.4 Å². The summed E-state index contributed by atoms with van der Waals surface area (Å²) in [5.41, 5.74) is 24.5. The lowest BCUT2D eigenvalue weighted by Crippen LogP contribution is -1.95. The molecule has 0 saturated carbocycles.